The van der Waals surface area contributed by atoms with Gasteiger partial charge in [0.25, 0.3) is 5.69 Å². The summed E-state index contributed by atoms with van der Waals surface area (Å²) in [6.07, 6.45) is 5.14. The van der Waals surface area contributed by atoms with E-state index in [1.807, 2.05) is 24.3 Å². The zero-order chi connectivity index (χ0) is 16.8. The number of hydrogen-bond acceptors (Lipinski definition) is 3. The van der Waals surface area contributed by atoms with E-state index in [4.69, 9.17) is 23.2 Å². The van der Waals surface area contributed by atoms with E-state index in [0.717, 1.165) is 23.2 Å². The number of fused-ring (bicyclic) bond motifs is 3. The van der Waals surface area contributed by atoms with Crippen molar-refractivity contribution in [3.05, 3.63) is 79.8 Å². The summed E-state index contributed by atoms with van der Waals surface area (Å²) in [6, 6.07) is 10.8. The highest BCUT2D eigenvalue weighted by atomic mass is 35.5. The number of anilines is 1. The van der Waals surface area contributed by atoms with Crippen LogP contribution in [0.2, 0.25) is 10.0 Å². The number of benzene rings is 2. The lowest BCUT2D eigenvalue weighted by molar-refractivity contribution is -0.384. The maximum Gasteiger partial charge on any atom is 0.271 e. The van der Waals surface area contributed by atoms with Crippen LogP contribution in [0.15, 0.2) is 48.6 Å². The van der Waals surface area contributed by atoms with E-state index in [1.165, 1.54) is 6.07 Å². The van der Waals surface area contributed by atoms with Crippen LogP contribution >= 0.6 is 23.2 Å². The Morgan fingerprint density at radius 1 is 1.12 bits per heavy atom. The first kappa shape index (κ1) is 15.5. The Kier molecular flexibility index (Phi) is 3.74. The SMILES string of the molecule is O=[N+]([O-])c1cc(Cl)c2c(c1)[C@@H]1C=CC[C@H]1[C@H](c1ccccc1Cl)N2. The van der Waals surface area contributed by atoms with Gasteiger partial charge in [0.05, 0.1) is 21.7 Å². The fourth-order valence-corrected chi connectivity index (χ4v) is 4.31. The average molecular weight is 361 g/mol. The summed E-state index contributed by atoms with van der Waals surface area (Å²) in [6.45, 7) is 0. The fourth-order valence-electron chi connectivity index (χ4n) is 3.78. The minimum atomic E-state index is -0.403. The summed E-state index contributed by atoms with van der Waals surface area (Å²) in [5.74, 6) is 0.357. The van der Waals surface area contributed by atoms with Gasteiger partial charge in [0.15, 0.2) is 0 Å². The second kappa shape index (κ2) is 5.80. The third-order valence-corrected chi connectivity index (χ3v) is 5.50. The summed E-state index contributed by atoms with van der Waals surface area (Å²) in [5, 5.41) is 15.7. The summed E-state index contributed by atoms with van der Waals surface area (Å²) < 4.78 is 0. The van der Waals surface area contributed by atoms with Crippen molar-refractivity contribution in [1.82, 2.24) is 0 Å². The molecule has 1 aliphatic carbocycles. The zero-order valence-electron chi connectivity index (χ0n) is 12.6. The topological polar surface area (TPSA) is 55.2 Å². The molecule has 0 bridgehead atoms. The molecule has 0 fully saturated rings. The molecule has 0 saturated heterocycles. The number of nitrogens with zero attached hydrogens (tertiary/aromatic N) is 1. The van der Waals surface area contributed by atoms with E-state index in [1.54, 1.807) is 6.07 Å². The van der Waals surface area contributed by atoms with Crippen molar-refractivity contribution >= 4 is 34.6 Å². The van der Waals surface area contributed by atoms with Gasteiger partial charge in [-0.05, 0) is 29.5 Å². The number of rotatable bonds is 2. The van der Waals surface area contributed by atoms with Gasteiger partial charge in [-0.2, -0.15) is 0 Å². The van der Waals surface area contributed by atoms with Gasteiger partial charge in [0.1, 0.15) is 0 Å². The van der Waals surface area contributed by atoms with E-state index < -0.39 is 4.92 Å². The van der Waals surface area contributed by atoms with Crippen molar-refractivity contribution in [3.8, 4) is 0 Å². The quantitative estimate of drug-likeness (QED) is 0.422. The summed E-state index contributed by atoms with van der Waals surface area (Å²) in [7, 11) is 0. The van der Waals surface area contributed by atoms with Crippen LogP contribution in [0.25, 0.3) is 0 Å². The number of halogens is 2. The Labute approximate surface area is 149 Å². The molecule has 24 heavy (non-hydrogen) atoms. The van der Waals surface area contributed by atoms with Crippen molar-refractivity contribution in [2.45, 2.75) is 18.4 Å². The van der Waals surface area contributed by atoms with Crippen molar-refractivity contribution in [2.75, 3.05) is 5.32 Å². The van der Waals surface area contributed by atoms with Crippen LogP contribution < -0.4 is 5.32 Å². The zero-order valence-corrected chi connectivity index (χ0v) is 14.1. The summed E-state index contributed by atoms with van der Waals surface area (Å²) in [4.78, 5) is 10.7. The minimum absolute atomic E-state index is 0.0187. The Morgan fingerprint density at radius 3 is 2.67 bits per heavy atom. The maximum atomic E-state index is 11.2. The third-order valence-electron chi connectivity index (χ3n) is 4.86. The van der Waals surface area contributed by atoms with Crippen LogP contribution in [0.5, 0.6) is 0 Å². The Balaban J connectivity index is 1.85. The van der Waals surface area contributed by atoms with Gasteiger partial charge < -0.3 is 5.32 Å². The molecule has 1 N–H and O–H groups in total. The molecule has 4 nitrogen and oxygen atoms in total. The Hall–Kier alpha value is -2.04. The van der Waals surface area contributed by atoms with Crippen LogP contribution in [0.4, 0.5) is 11.4 Å². The second-order valence-corrected chi connectivity index (χ2v) is 6.96. The molecule has 2 aromatic rings. The molecule has 6 heteroatoms. The number of non-ortho nitro benzene ring substituents is 1. The molecule has 2 aliphatic rings. The third kappa shape index (κ3) is 2.38. The van der Waals surface area contributed by atoms with Crippen LogP contribution in [-0.2, 0) is 0 Å². The van der Waals surface area contributed by atoms with Gasteiger partial charge in [-0.15, -0.1) is 0 Å². The smallest absolute Gasteiger partial charge is 0.271 e. The highest BCUT2D eigenvalue weighted by molar-refractivity contribution is 6.34. The molecule has 0 radical (unpaired) electrons. The minimum Gasteiger partial charge on any atom is -0.376 e. The van der Waals surface area contributed by atoms with Crippen LogP contribution in [0.1, 0.15) is 29.5 Å². The van der Waals surface area contributed by atoms with Crippen molar-refractivity contribution in [2.24, 2.45) is 5.92 Å². The van der Waals surface area contributed by atoms with Gasteiger partial charge in [0, 0.05) is 23.1 Å². The first-order chi connectivity index (χ1) is 11.6. The highest BCUT2D eigenvalue weighted by Crippen LogP contribution is 2.53. The first-order valence-corrected chi connectivity index (χ1v) is 8.47. The molecule has 2 aromatic carbocycles. The number of hydrogen-bond donors (Lipinski definition) is 1. The fraction of sp³-hybridized carbons (Fsp3) is 0.222. The molecule has 0 spiro atoms. The average Bonchev–Trinajstić information content (AvgIpc) is 3.05. The largest absolute Gasteiger partial charge is 0.376 e. The molecule has 0 unspecified atom stereocenters. The van der Waals surface area contributed by atoms with Gasteiger partial charge in [0.2, 0.25) is 0 Å². The number of nitrogens with one attached hydrogen (secondary N) is 1. The predicted octanol–water partition coefficient (Wildman–Crippen LogP) is 5.73. The molecule has 1 heterocycles. The molecule has 4 rings (SSSR count). The molecular formula is C18H14Cl2N2O2. The summed E-state index contributed by atoms with van der Waals surface area (Å²) in [5.41, 5.74) is 2.70. The van der Waals surface area contributed by atoms with E-state index in [-0.39, 0.29) is 23.6 Å². The highest BCUT2D eigenvalue weighted by Gasteiger charge is 2.40. The molecule has 1 aliphatic heterocycles. The normalized spacial score (nSPS) is 24.2. The predicted molar refractivity (Wildman–Crippen MR) is 95.9 cm³/mol. The molecular weight excluding hydrogens is 347 g/mol. The number of nitro groups is 1. The van der Waals surface area contributed by atoms with Crippen LogP contribution in [0.3, 0.4) is 0 Å². The number of allylic oxidation sites excluding steroid dienone is 2. The van der Waals surface area contributed by atoms with Crippen molar-refractivity contribution in [3.63, 3.8) is 0 Å². The van der Waals surface area contributed by atoms with E-state index in [2.05, 4.69) is 17.5 Å². The van der Waals surface area contributed by atoms with Gasteiger partial charge in [-0.3, -0.25) is 10.1 Å². The molecule has 0 aromatic heterocycles. The van der Waals surface area contributed by atoms with Crippen LogP contribution in [0, 0.1) is 16.0 Å². The maximum absolute atomic E-state index is 11.2. The number of nitro benzene ring substituents is 1. The lowest BCUT2D eigenvalue weighted by Gasteiger charge is -2.38. The molecule has 122 valence electrons. The Bertz CT molecular complexity index is 866. The van der Waals surface area contributed by atoms with E-state index >= 15 is 0 Å². The van der Waals surface area contributed by atoms with Crippen molar-refractivity contribution < 1.29 is 4.92 Å². The monoisotopic (exact) mass is 360 g/mol. The Morgan fingerprint density at radius 2 is 1.92 bits per heavy atom. The first-order valence-electron chi connectivity index (χ1n) is 7.71. The van der Waals surface area contributed by atoms with E-state index in [9.17, 15) is 10.1 Å². The molecule has 0 amide bonds. The lowest BCUT2D eigenvalue weighted by Crippen LogP contribution is -2.29. The van der Waals surface area contributed by atoms with Gasteiger partial charge in [-0.25, -0.2) is 0 Å². The molecule has 3 atom stereocenters. The van der Waals surface area contributed by atoms with Crippen LogP contribution in [-0.4, -0.2) is 4.92 Å². The van der Waals surface area contributed by atoms with Crippen molar-refractivity contribution in [1.29, 1.82) is 0 Å². The van der Waals surface area contributed by atoms with Gasteiger partial charge >= 0.3 is 0 Å². The van der Waals surface area contributed by atoms with E-state index in [0.29, 0.717) is 10.0 Å². The lowest BCUT2D eigenvalue weighted by atomic mass is 9.77. The van der Waals surface area contributed by atoms with Gasteiger partial charge in [-0.1, -0.05) is 53.6 Å². The molecule has 0 saturated carbocycles. The summed E-state index contributed by atoms with van der Waals surface area (Å²) >= 11 is 12.7. The second-order valence-electron chi connectivity index (χ2n) is 6.15. The standard InChI is InChI=1S/C18H14Cl2N2O2/c19-15-7-2-1-4-13(15)17-12-6-3-5-11(12)14-8-10(22(23)24)9-16(20)18(14)21-17/h1-5,7-9,11-12,17,21H,6H2/t11-,12-,17-/m1/s1.